The summed E-state index contributed by atoms with van der Waals surface area (Å²) in [6.45, 7) is 4.32. The van der Waals surface area contributed by atoms with E-state index in [2.05, 4.69) is 21.3 Å². The third-order valence-corrected chi connectivity index (χ3v) is 4.83. The molecule has 1 aromatic rings. The lowest BCUT2D eigenvalue weighted by atomic mass is 10.0. The molecule has 3 N–H and O–H groups in total. The molecule has 0 saturated carbocycles. The highest BCUT2D eigenvalue weighted by Gasteiger charge is 2.24. The number of halogens is 1. The second kappa shape index (κ2) is 10.2. The van der Waals surface area contributed by atoms with Crippen molar-refractivity contribution in [2.45, 2.75) is 31.3 Å². The topological polar surface area (TPSA) is 72.1 Å². The van der Waals surface area contributed by atoms with Gasteiger partial charge in [0.2, 0.25) is 0 Å². The van der Waals surface area contributed by atoms with Crippen LogP contribution in [0.2, 0.25) is 0 Å². The number of nitrogens with zero attached hydrogens (tertiary/aromatic N) is 2. The molecule has 3 rings (SSSR count). The fraction of sp³-hybridized carbons (Fsp3) is 0.611. The average Bonchev–Trinajstić information content (AvgIpc) is 3.06. The zero-order valence-electron chi connectivity index (χ0n) is 14.8. The summed E-state index contributed by atoms with van der Waals surface area (Å²) in [5.41, 5.74) is 7.30. The van der Waals surface area contributed by atoms with Crippen molar-refractivity contribution in [1.82, 2.24) is 10.2 Å². The Labute approximate surface area is 167 Å². The van der Waals surface area contributed by atoms with Gasteiger partial charge in [0.15, 0.2) is 5.96 Å². The number of likely N-dealkylation sites (tertiary alicyclic amines) is 1. The minimum Gasteiger partial charge on any atom is -0.493 e. The fourth-order valence-electron chi connectivity index (χ4n) is 3.52. The summed E-state index contributed by atoms with van der Waals surface area (Å²) in [5.74, 6) is 1.46. The highest BCUT2D eigenvalue weighted by molar-refractivity contribution is 14.0. The molecule has 7 heteroatoms. The molecule has 6 nitrogen and oxygen atoms in total. The molecule has 25 heavy (non-hydrogen) atoms. The van der Waals surface area contributed by atoms with Gasteiger partial charge in [0.05, 0.1) is 25.8 Å². The van der Waals surface area contributed by atoms with Crippen molar-refractivity contribution in [2.75, 3.05) is 40.0 Å². The number of nitrogens with two attached hydrogens (primary N) is 1. The lowest BCUT2D eigenvalue weighted by Crippen LogP contribution is -2.39. The molecule has 2 heterocycles. The van der Waals surface area contributed by atoms with Gasteiger partial charge in [0, 0.05) is 31.7 Å². The highest BCUT2D eigenvalue weighted by atomic mass is 127. The van der Waals surface area contributed by atoms with Crippen LogP contribution < -0.4 is 15.8 Å². The summed E-state index contributed by atoms with van der Waals surface area (Å²) in [5, 5.41) is 3.36. The standard InChI is InChI=1S/C18H28N4O2.HI/c1-23-12-10-22-9-4-5-14(22)13-20-18(19)21-16-8-11-24-17-7-3-2-6-15(16)17;/h2-3,6-7,14,16H,4-5,8-13H2,1H3,(H3,19,20,21);1H. The van der Waals surface area contributed by atoms with Crippen molar-refractivity contribution < 1.29 is 9.47 Å². The molecular weight excluding hydrogens is 431 g/mol. The molecular formula is C18H29IN4O2. The summed E-state index contributed by atoms with van der Waals surface area (Å²) >= 11 is 0. The van der Waals surface area contributed by atoms with Gasteiger partial charge in [-0.05, 0) is 25.5 Å². The van der Waals surface area contributed by atoms with Gasteiger partial charge in [-0.2, -0.15) is 0 Å². The van der Waals surface area contributed by atoms with E-state index in [9.17, 15) is 0 Å². The Hall–Kier alpha value is -1.06. The first-order valence-corrected chi connectivity index (χ1v) is 8.79. The number of benzene rings is 1. The van der Waals surface area contributed by atoms with Crippen LogP contribution in [0.5, 0.6) is 5.75 Å². The Balaban J connectivity index is 0.00000225. The van der Waals surface area contributed by atoms with Crippen molar-refractivity contribution in [3.05, 3.63) is 29.8 Å². The lowest BCUT2D eigenvalue weighted by molar-refractivity contribution is 0.143. The second-order valence-electron chi connectivity index (χ2n) is 6.42. The molecule has 2 atom stereocenters. The van der Waals surface area contributed by atoms with E-state index in [-0.39, 0.29) is 30.0 Å². The number of fused-ring (bicyclic) bond motifs is 1. The van der Waals surface area contributed by atoms with Gasteiger partial charge in [-0.25, -0.2) is 0 Å². The number of hydrogen-bond acceptors (Lipinski definition) is 4. The number of guanidine groups is 1. The minimum absolute atomic E-state index is 0. The third-order valence-electron chi connectivity index (χ3n) is 4.83. The maximum Gasteiger partial charge on any atom is 0.189 e. The number of nitrogens with one attached hydrogen (secondary N) is 1. The Kier molecular flexibility index (Phi) is 8.25. The Morgan fingerprint density at radius 2 is 2.24 bits per heavy atom. The number of hydrogen-bond donors (Lipinski definition) is 2. The summed E-state index contributed by atoms with van der Waals surface area (Å²) in [4.78, 5) is 7.04. The van der Waals surface area contributed by atoms with Crippen LogP contribution in [-0.2, 0) is 4.74 Å². The number of ether oxygens (including phenoxy) is 2. The van der Waals surface area contributed by atoms with E-state index in [1.807, 2.05) is 18.2 Å². The molecule has 1 aromatic carbocycles. The zero-order valence-corrected chi connectivity index (χ0v) is 17.1. The van der Waals surface area contributed by atoms with Gasteiger partial charge < -0.3 is 20.5 Å². The number of rotatable bonds is 6. The zero-order chi connectivity index (χ0) is 16.8. The molecule has 1 fully saturated rings. The van der Waals surface area contributed by atoms with Crippen LogP contribution in [0.15, 0.2) is 29.3 Å². The second-order valence-corrected chi connectivity index (χ2v) is 6.42. The van der Waals surface area contributed by atoms with E-state index < -0.39 is 0 Å². The van der Waals surface area contributed by atoms with Gasteiger partial charge in [-0.15, -0.1) is 24.0 Å². The predicted octanol–water partition coefficient (Wildman–Crippen LogP) is 2.14. The van der Waals surface area contributed by atoms with E-state index in [0.717, 1.165) is 44.0 Å². The molecule has 1 saturated heterocycles. The van der Waals surface area contributed by atoms with E-state index in [1.165, 1.54) is 12.8 Å². The number of para-hydroxylation sites is 1. The molecule has 0 radical (unpaired) electrons. The van der Waals surface area contributed by atoms with Crippen LogP contribution in [0.1, 0.15) is 30.9 Å². The van der Waals surface area contributed by atoms with E-state index in [4.69, 9.17) is 15.2 Å². The Morgan fingerprint density at radius 1 is 1.40 bits per heavy atom. The van der Waals surface area contributed by atoms with E-state index in [0.29, 0.717) is 18.6 Å². The maximum absolute atomic E-state index is 6.14. The van der Waals surface area contributed by atoms with E-state index in [1.54, 1.807) is 7.11 Å². The summed E-state index contributed by atoms with van der Waals surface area (Å²) < 4.78 is 10.9. The maximum atomic E-state index is 6.14. The molecule has 2 unspecified atom stereocenters. The van der Waals surface area contributed by atoms with Crippen molar-refractivity contribution in [2.24, 2.45) is 10.7 Å². The van der Waals surface area contributed by atoms with Crippen LogP contribution >= 0.6 is 24.0 Å². The fourth-order valence-corrected chi connectivity index (χ4v) is 3.52. The third kappa shape index (κ3) is 5.46. The largest absolute Gasteiger partial charge is 0.493 e. The summed E-state index contributed by atoms with van der Waals surface area (Å²) in [6.07, 6.45) is 3.31. The molecule has 0 spiro atoms. The van der Waals surface area contributed by atoms with Crippen LogP contribution in [0.25, 0.3) is 0 Å². The molecule has 0 aromatic heterocycles. The normalized spacial score (nSPS) is 23.5. The number of aliphatic imine (C=N–C) groups is 1. The Bertz CT molecular complexity index is 570. The van der Waals surface area contributed by atoms with Crippen LogP contribution in [-0.4, -0.2) is 56.9 Å². The van der Waals surface area contributed by atoms with Crippen LogP contribution in [0.3, 0.4) is 0 Å². The van der Waals surface area contributed by atoms with Crippen molar-refractivity contribution in [3.8, 4) is 5.75 Å². The van der Waals surface area contributed by atoms with Crippen LogP contribution in [0, 0.1) is 0 Å². The van der Waals surface area contributed by atoms with Crippen molar-refractivity contribution in [3.63, 3.8) is 0 Å². The first-order valence-electron chi connectivity index (χ1n) is 8.79. The SMILES string of the molecule is COCCN1CCCC1CN=C(N)NC1CCOc2ccccc21.I. The molecule has 0 aliphatic carbocycles. The average molecular weight is 460 g/mol. The molecule has 0 amide bonds. The van der Waals surface area contributed by atoms with Crippen molar-refractivity contribution in [1.29, 1.82) is 0 Å². The minimum atomic E-state index is 0. The monoisotopic (exact) mass is 460 g/mol. The van der Waals surface area contributed by atoms with Gasteiger partial charge in [-0.1, -0.05) is 18.2 Å². The Morgan fingerprint density at radius 3 is 3.08 bits per heavy atom. The predicted molar refractivity (Wildman–Crippen MR) is 111 cm³/mol. The summed E-state index contributed by atoms with van der Waals surface area (Å²) in [6, 6.07) is 8.76. The van der Waals surface area contributed by atoms with Gasteiger partial charge in [-0.3, -0.25) is 9.89 Å². The highest BCUT2D eigenvalue weighted by Crippen LogP contribution is 2.31. The molecule has 0 bridgehead atoms. The van der Waals surface area contributed by atoms with Gasteiger partial charge in [0.1, 0.15) is 5.75 Å². The smallest absolute Gasteiger partial charge is 0.189 e. The van der Waals surface area contributed by atoms with Crippen LogP contribution in [0.4, 0.5) is 0 Å². The number of methoxy groups -OCH3 is 1. The van der Waals surface area contributed by atoms with Gasteiger partial charge in [0.25, 0.3) is 0 Å². The first kappa shape index (κ1) is 20.3. The lowest BCUT2D eigenvalue weighted by Gasteiger charge is -2.27. The summed E-state index contributed by atoms with van der Waals surface area (Å²) in [7, 11) is 1.75. The molecule has 2 aliphatic heterocycles. The quantitative estimate of drug-likeness (QED) is 0.387. The van der Waals surface area contributed by atoms with Gasteiger partial charge >= 0.3 is 0 Å². The molecule has 140 valence electrons. The molecule has 2 aliphatic rings. The van der Waals surface area contributed by atoms with E-state index >= 15 is 0 Å². The van der Waals surface area contributed by atoms with Crippen molar-refractivity contribution >= 4 is 29.9 Å². The first-order chi connectivity index (χ1) is 11.8.